The second-order valence-electron chi connectivity index (χ2n) is 11.0. The molecule has 2 aromatic heterocycles. The lowest BCUT2D eigenvalue weighted by atomic mass is 10.0. The molecule has 44 heavy (non-hydrogen) atoms. The van der Waals surface area contributed by atoms with Gasteiger partial charge in [-0.25, -0.2) is 9.97 Å². The van der Waals surface area contributed by atoms with Crippen molar-refractivity contribution in [2.45, 2.75) is 32.0 Å². The number of piperazine rings is 1. The third-order valence-corrected chi connectivity index (χ3v) is 8.17. The number of nitrogens with zero attached hydrogens (tertiary/aromatic N) is 6. The summed E-state index contributed by atoms with van der Waals surface area (Å²) in [4.78, 5) is 31.3. The van der Waals surface area contributed by atoms with Crippen LogP contribution in [-0.4, -0.2) is 76.0 Å². The topological polar surface area (TPSA) is 116 Å². The van der Waals surface area contributed by atoms with E-state index in [4.69, 9.17) is 35.5 Å². The molecule has 0 radical (unpaired) electrons. The number of nitrogens with one attached hydrogen (secondary N) is 1. The zero-order valence-electron chi connectivity index (χ0n) is 24.2. The van der Waals surface area contributed by atoms with E-state index in [1.54, 1.807) is 29.4 Å². The van der Waals surface area contributed by atoms with Gasteiger partial charge in [-0.1, -0.05) is 23.7 Å². The van der Waals surface area contributed by atoms with Crippen molar-refractivity contribution >= 4 is 23.3 Å². The van der Waals surface area contributed by atoms with Crippen molar-refractivity contribution < 1.29 is 23.7 Å². The highest BCUT2D eigenvalue weighted by Crippen LogP contribution is 2.34. The van der Waals surface area contributed by atoms with E-state index >= 15 is 0 Å². The van der Waals surface area contributed by atoms with Crippen molar-refractivity contribution in [2.24, 2.45) is 0 Å². The van der Waals surface area contributed by atoms with Crippen LogP contribution in [0.2, 0.25) is 5.15 Å². The van der Waals surface area contributed by atoms with Crippen LogP contribution in [-0.2, 0) is 11.3 Å². The van der Waals surface area contributed by atoms with Crippen LogP contribution in [0.4, 0.5) is 5.82 Å². The quantitative estimate of drug-likeness (QED) is 0.293. The number of imidazole rings is 1. The summed E-state index contributed by atoms with van der Waals surface area (Å²) in [5.41, 5.74) is 2.06. The molecule has 1 amide bonds. The maximum absolute atomic E-state index is 13.6. The number of halogens is 1. The van der Waals surface area contributed by atoms with Crippen LogP contribution in [0, 0.1) is 0 Å². The Kier molecular flexibility index (Phi) is 7.84. The van der Waals surface area contributed by atoms with E-state index in [-0.39, 0.29) is 31.2 Å². The summed E-state index contributed by atoms with van der Waals surface area (Å²) in [5.74, 6) is 3.95. The largest absolute Gasteiger partial charge is 0.486 e. The van der Waals surface area contributed by atoms with Crippen molar-refractivity contribution in [3.63, 3.8) is 0 Å². The highest BCUT2D eigenvalue weighted by Gasteiger charge is 2.31. The average molecular weight is 618 g/mol. The van der Waals surface area contributed by atoms with Gasteiger partial charge in [0.2, 0.25) is 18.6 Å². The normalized spacial score (nSPS) is 18.2. The summed E-state index contributed by atoms with van der Waals surface area (Å²) in [7, 11) is 0. The molecule has 12 nitrogen and oxygen atoms in total. The van der Waals surface area contributed by atoms with Crippen molar-refractivity contribution in [1.82, 2.24) is 29.7 Å². The monoisotopic (exact) mass is 617 g/mol. The van der Waals surface area contributed by atoms with Crippen LogP contribution in [0.15, 0.2) is 61.2 Å². The molecule has 0 aliphatic carbocycles. The van der Waals surface area contributed by atoms with Gasteiger partial charge in [0.25, 0.3) is 0 Å². The van der Waals surface area contributed by atoms with Gasteiger partial charge in [0.05, 0.1) is 12.1 Å². The number of benzene rings is 2. The number of ether oxygens (including phenoxy) is 4. The highest BCUT2D eigenvalue weighted by molar-refractivity contribution is 6.29. The first-order chi connectivity index (χ1) is 21.5. The van der Waals surface area contributed by atoms with Crippen LogP contribution in [0.5, 0.6) is 23.0 Å². The zero-order valence-corrected chi connectivity index (χ0v) is 24.9. The van der Waals surface area contributed by atoms with E-state index in [0.29, 0.717) is 55.5 Å². The van der Waals surface area contributed by atoms with Crippen molar-refractivity contribution in [3.05, 3.63) is 77.5 Å². The molecular formula is C31H32ClN7O5. The van der Waals surface area contributed by atoms with Gasteiger partial charge < -0.3 is 29.2 Å². The van der Waals surface area contributed by atoms with Gasteiger partial charge in [-0.2, -0.15) is 4.98 Å². The lowest BCUT2D eigenvalue weighted by molar-refractivity contribution is -0.122. The Bertz CT molecular complexity index is 1650. The second-order valence-corrected chi connectivity index (χ2v) is 11.4. The molecule has 2 atom stereocenters. The molecule has 4 aromatic rings. The Labute approximate surface area is 259 Å². The van der Waals surface area contributed by atoms with Gasteiger partial charge >= 0.3 is 0 Å². The van der Waals surface area contributed by atoms with E-state index in [9.17, 15) is 4.79 Å². The van der Waals surface area contributed by atoms with Crippen LogP contribution >= 0.6 is 11.6 Å². The number of hydrogen-bond donors (Lipinski definition) is 1. The second kappa shape index (κ2) is 12.2. The molecule has 1 saturated heterocycles. The predicted molar refractivity (Wildman–Crippen MR) is 162 cm³/mol. The fraction of sp³-hybridized carbons (Fsp3) is 0.355. The molecule has 0 spiro atoms. The Balaban J connectivity index is 1.10. The molecular weight excluding hydrogens is 586 g/mol. The van der Waals surface area contributed by atoms with E-state index in [1.807, 2.05) is 37.3 Å². The SMILES string of the molecule is CC(NC(=O)CC1CN(Cc2ccc3c(c2)OCO3)CCN1c1cc(Cl)nc(-n2ccnc2)n1)c1ccc2c(c1)OCCO2. The maximum atomic E-state index is 13.6. The Morgan fingerprint density at radius 2 is 1.80 bits per heavy atom. The van der Waals surface area contributed by atoms with E-state index in [2.05, 4.69) is 31.2 Å². The molecule has 1 N–H and O–H groups in total. The van der Waals surface area contributed by atoms with Crippen molar-refractivity contribution in [3.8, 4) is 28.9 Å². The fourth-order valence-corrected chi connectivity index (χ4v) is 5.97. The molecule has 7 rings (SSSR count). The maximum Gasteiger partial charge on any atom is 0.238 e. The molecule has 0 bridgehead atoms. The minimum absolute atomic E-state index is 0.0673. The first-order valence-electron chi connectivity index (χ1n) is 14.6. The molecule has 0 saturated carbocycles. The third-order valence-electron chi connectivity index (χ3n) is 7.97. The number of aromatic nitrogens is 4. The van der Waals surface area contributed by atoms with Crippen LogP contribution in [0.25, 0.3) is 5.95 Å². The fourth-order valence-electron chi connectivity index (χ4n) is 5.80. The summed E-state index contributed by atoms with van der Waals surface area (Å²) in [6, 6.07) is 13.1. The summed E-state index contributed by atoms with van der Waals surface area (Å²) in [6.45, 7) is 6.01. The lowest BCUT2D eigenvalue weighted by Crippen LogP contribution is -2.54. The smallest absolute Gasteiger partial charge is 0.238 e. The number of carbonyl (C=O) groups is 1. The molecule has 228 valence electrons. The Morgan fingerprint density at radius 3 is 2.66 bits per heavy atom. The van der Waals surface area contributed by atoms with Crippen molar-refractivity contribution in [1.29, 1.82) is 0 Å². The molecule has 3 aliphatic rings. The summed E-state index contributed by atoms with van der Waals surface area (Å²) < 4.78 is 24.2. The van der Waals surface area contributed by atoms with Crippen LogP contribution in [0.3, 0.4) is 0 Å². The first-order valence-corrected chi connectivity index (χ1v) is 15.0. The third kappa shape index (κ3) is 6.08. The molecule has 5 heterocycles. The molecule has 1 fully saturated rings. The van der Waals surface area contributed by atoms with Crippen LogP contribution < -0.4 is 29.2 Å². The van der Waals surface area contributed by atoms with E-state index < -0.39 is 0 Å². The summed E-state index contributed by atoms with van der Waals surface area (Å²) in [5, 5.41) is 3.49. The molecule has 13 heteroatoms. The zero-order chi connectivity index (χ0) is 30.0. The lowest BCUT2D eigenvalue weighted by Gasteiger charge is -2.42. The van der Waals surface area contributed by atoms with E-state index in [1.165, 1.54) is 0 Å². The first kappa shape index (κ1) is 28.2. The van der Waals surface area contributed by atoms with Gasteiger partial charge in [-0.3, -0.25) is 14.3 Å². The van der Waals surface area contributed by atoms with Gasteiger partial charge in [-0.05, 0) is 42.3 Å². The number of rotatable bonds is 8. The van der Waals surface area contributed by atoms with Crippen molar-refractivity contribution in [2.75, 3.05) is 44.5 Å². The average Bonchev–Trinajstić information content (AvgIpc) is 3.73. The van der Waals surface area contributed by atoms with Gasteiger partial charge in [0, 0.05) is 51.1 Å². The van der Waals surface area contributed by atoms with E-state index in [0.717, 1.165) is 34.9 Å². The molecule has 3 aliphatic heterocycles. The predicted octanol–water partition coefficient (Wildman–Crippen LogP) is 3.77. The number of anilines is 1. The Morgan fingerprint density at radius 1 is 1.00 bits per heavy atom. The van der Waals surface area contributed by atoms with Gasteiger partial charge in [0.15, 0.2) is 23.0 Å². The summed E-state index contributed by atoms with van der Waals surface area (Å²) in [6.07, 6.45) is 5.31. The standard InChI is InChI=1S/C31H32ClN7O5/c1-20(22-3-5-24-27(13-22)42-11-10-41-24)34-30(40)14-23-17-37(16-21-2-4-25-26(12-21)44-19-43-25)8-9-39(23)29-15-28(32)35-31(36-29)38-7-6-33-18-38/h2-7,12-13,15,18,20,23H,8-11,14,16-17,19H2,1H3,(H,34,40). The van der Waals surface area contributed by atoms with Gasteiger partial charge in [0.1, 0.15) is 30.5 Å². The van der Waals surface area contributed by atoms with Gasteiger partial charge in [-0.15, -0.1) is 0 Å². The number of amides is 1. The number of carbonyl (C=O) groups excluding carboxylic acids is 1. The number of fused-ring (bicyclic) bond motifs is 2. The molecule has 2 unspecified atom stereocenters. The highest BCUT2D eigenvalue weighted by atomic mass is 35.5. The number of hydrogen-bond acceptors (Lipinski definition) is 10. The minimum Gasteiger partial charge on any atom is -0.486 e. The summed E-state index contributed by atoms with van der Waals surface area (Å²) >= 11 is 6.47. The minimum atomic E-state index is -0.221. The Hall–Kier alpha value is -4.55. The molecule has 2 aromatic carbocycles. The van der Waals surface area contributed by atoms with Crippen LogP contribution in [0.1, 0.15) is 30.5 Å².